The molecule has 24 heavy (non-hydrogen) atoms. The predicted molar refractivity (Wildman–Crippen MR) is 105 cm³/mol. The molecular weight excluding hydrogens is 304 g/mol. The van der Waals surface area contributed by atoms with Crippen molar-refractivity contribution in [1.82, 2.24) is 0 Å². The standard InChI is InChI=1S/C23H26Si/c1-17-15-22-20(21(17)16-18-9-4-2-5-10-18)13-8-14-23(22)24-19-11-6-3-7-12-19/h3,6-8,11-15,18,21H,2,4-5,9-10,16H2,1H3. The fraction of sp³-hybridized carbons (Fsp3) is 0.391. The molecule has 1 heteroatoms. The third-order valence-corrected chi connectivity index (χ3v) is 7.11. The smallest absolute Gasteiger partial charge is 0.0652 e. The summed E-state index contributed by atoms with van der Waals surface area (Å²) in [6.07, 6.45) is 11.1. The molecule has 0 spiro atoms. The van der Waals surface area contributed by atoms with Gasteiger partial charge in [0.05, 0.1) is 0 Å². The van der Waals surface area contributed by atoms with Crippen LogP contribution in [0.2, 0.25) is 0 Å². The lowest BCUT2D eigenvalue weighted by atomic mass is 9.79. The molecule has 0 aromatic heterocycles. The van der Waals surface area contributed by atoms with Crippen LogP contribution < -0.4 is 10.4 Å². The molecule has 0 heterocycles. The van der Waals surface area contributed by atoms with Crippen molar-refractivity contribution in [3.8, 4) is 0 Å². The molecule has 0 N–H and O–H groups in total. The van der Waals surface area contributed by atoms with Gasteiger partial charge in [0.1, 0.15) is 9.52 Å². The van der Waals surface area contributed by atoms with Gasteiger partial charge >= 0.3 is 0 Å². The lowest BCUT2D eigenvalue weighted by Crippen LogP contribution is -2.29. The van der Waals surface area contributed by atoms with Crippen LogP contribution in [0.3, 0.4) is 0 Å². The largest absolute Gasteiger partial charge is 0.122 e. The lowest BCUT2D eigenvalue weighted by Gasteiger charge is -2.26. The molecule has 122 valence electrons. The fourth-order valence-corrected chi connectivity index (χ4v) is 5.68. The van der Waals surface area contributed by atoms with Gasteiger partial charge in [0.2, 0.25) is 0 Å². The summed E-state index contributed by atoms with van der Waals surface area (Å²) < 4.78 is 0. The molecule has 0 aliphatic heterocycles. The van der Waals surface area contributed by atoms with Crippen molar-refractivity contribution in [2.24, 2.45) is 5.92 Å². The SMILES string of the molecule is CC1=Cc2c([Si]c3ccccc3)cccc2C1CC1CCCCC1. The Kier molecular flexibility index (Phi) is 4.71. The first-order chi connectivity index (χ1) is 11.8. The second-order valence-electron chi connectivity index (χ2n) is 7.48. The first kappa shape index (κ1) is 15.9. The highest BCUT2D eigenvalue weighted by molar-refractivity contribution is 6.68. The zero-order valence-corrected chi connectivity index (χ0v) is 15.6. The van der Waals surface area contributed by atoms with Gasteiger partial charge in [-0.15, -0.1) is 0 Å². The van der Waals surface area contributed by atoms with Crippen LogP contribution in [0.1, 0.15) is 62.5 Å². The molecule has 2 aliphatic rings. The van der Waals surface area contributed by atoms with Crippen LogP contribution in [0.15, 0.2) is 54.1 Å². The molecule has 0 nitrogen and oxygen atoms in total. The number of hydrogen-bond donors (Lipinski definition) is 0. The monoisotopic (exact) mass is 330 g/mol. The zero-order chi connectivity index (χ0) is 16.4. The summed E-state index contributed by atoms with van der Waals surface area (Å²) in [5.74, 6) is 1.61. The van der Waals surface area contributed by atoms with Crippen LogP contribution in [0.5, 0.6) is 0 Å². The van der Waals surface area contributed by atoms with Crippen LogP contribution >= 0.6 is 0 Å². The summed E-state index contributed by atoms with van der Waals surface area (Å²) in [5.41, 5.74) is 4.71. The highest BCUT2D eigenvalue weighted by Gasteiger charge is 2.27. The summed E-state index contributed by atoms with van der Waals surface area (Å²) in [7, 11) is 0.761. The molecule has 1 fully saturated rings. The van der Waals surface area contributed by atoms with E-state index in [0.29, 0.717) is 5.92 Å². The Morgan fingerprint density at radius 1 is 0.917 bits per heavy atom. The molecule has 1 unspecified atom stereocenters. The number of allylic oxidation sites excluding steroid dienone is 1. The maximum absolute atomic E-state index is 2.48. The van der Waals surface area contributed by atoms with Gasteiger partial charge in [-0.2, -0.15) is 0 Å². The molecule has 2 radical (unpaired) electrons. The van der Waals surface area contributed by atoms with E-state index in [0.717, 1.165) is 15.4 Å². The zero-order valence-electron chi connectivity index (χ0n) is 14.6. The van der Waals surface area contributed by atoms with Crippen molar-refractivity contribution in [2.75, 3.05) is 0 Å². The van der Waals surface area contributed by atoms with Gasteiger partial charge in [0.25, 0.3) is 0 Å². The Hall–Kier alpha value is -1.60. The van der Waals surface area contributed by atoms with E-state index in [1.165, 1.54) is 54.5 Å². The molecule has 0 amide bonds. The maximum Gasteiger partial charge on any atom is 0.122 e. The van der Waals surface area contributed by atoms with Crippen LogP contribution in [-0.2, 0) is 0 Å². The summed E-state index contributed by atoms with van der Waals surface area (Å²) >= 11 is 0. The molecule has 1 atom stereocenters. The number of benzene rings is 2. The van der Waals surface area contributed by atoms with Crippen LogP contribution in [0.25, 0.3) is 6.08 Å². The van der Waals surface area contributed by atoms with E-state index in [4.69, 9.17) is 0 Å². The maximum atomic E-state index is 2.48. The Balaban J connectivity index is 1.58. The van der Waals surface area contributed by atoms with Gasteiger partial charge in [0, 0.05) is 5.92 Å². The van der Waals surface area contributed by atoms with Crippen molar-refractivity contribution in [1.29, 1.82) is 0 Å². The van der Waals surface area contributed by atoms with E-state index in [1.54, 1.807) is 11.1 Å². The van der Waals surface area contributed by atoms with E-state index in [9.17, 15) is 0 Å². The minimum absolute atomic E-state index is 0.670. The first-order valence-electron chi connectivity index (χ1n) is 9.44. The minimum Gasteiger partial charge on any atom is -0.0652 e. The van der Waals surface area contributed by atoms with Gasteiger partial charge in [-0.05, 0) is 30.4 Å². The van der Waals surface area contributed by atoms with Crippen molar-refractivity contribution in [3.63, 3.8) is 0 Å². The van der Waals surface area contributed by atoms with Gasteiger partial charge in [-0.1, -0.05) is 103 Å². The summed E-state index contributed by atoms with van der Waals surface area (Å²) in [6.45, 7) is 2.35. The average Bonchev–Trinajstić information content (AvgIpc) is 2.94. The highest BCUT2D eigenvalue weighted by Crippen LogP contribution is 2.42. The summed E-state index contributed by atoms with van der Waals surface area (Å²) in [6, 6.07) is 17.9. The predicted octanol–water partition coefficient (Wildman–Crippen LogP) is 4.81. The average molecular weight is 331 g/mol. The van der Waals surface area contributed by atoms with Crippen molar-refractivity contribution in [3.05, 3.63) is 65.2 Å². The number of hydrogen-bond acceptors (Lipinski definition) is 0. The molecule has 4 rings (SSSR count). The van der Waals surface area contributed by atoms with E-state index in [2.05, 4.69) is 61.5 Å². The summed E-state index contributed by atoms with van der Waals surface area (Å²) in [4.78, 5) is 0. The molecule has 0 bridgehead atoms. The van der Waals surface area contributed by atoms with E-state index >= 15 is 0 Å². The Morgan fingerprint density at radius 2 is 1.71 bits per heavy atom. The fourth-order valence-electron chi connectivity index (χ4n) is 4.48. The Morgan fingerprint density at radius 3 is 2.50 bits per heavy atom. The third-order valence-electron chi connectivity index (χ3n) is 5.78. The van der Waals surface area contributed by atoms with Crippen molar-refractivity contribution < 1.29 is 0 Å². The normalized spacial score (nSPS) is 20.7. The van der Waals surface area contributed by atoms with Gasteiger partial charge in [0.15, 0.2) is 0 Å². The number of rotatable bonds is 4. The molecule has 0 saturated heterocycles. The van der Waals surface area contributed by atoms with Gasteiger partial charge < -0.3 is 0 Å². The molecule has 2 aliphatic carbocycles. The number of fused-ring (bicyclic) bond motifs is 1. The molecule has 1 saturated carbocycles. The van der Waals surface area contributed by atoms with Gasteiger partial charge in [-0.3, -0.25) is 0 Å². The lowest BCUT2D eigenvalue weighted by molar-refractivity contribution is 0.327. The van der Waals surface area contributed by atoms with Crippen LogP contribution in [-0.4, -0.2) is 9.52 Å². The van der Waals surface area contributed by atoms with Crippen molar-refractivity contribution in [2.45, 2.75) is 51.4 Å². The Labute approximate surface area is 148 Å². The van der Waals surface area contributed by atoms with Crippen LogP contribution in [0.4, 0.5) is 0 Å². The highest BCUT2D eigenvalue weighted by atomic mass is 28.2. The van der Waals surface area contributed by atoms with Crippen molar-refractivity contribution >= 4 is 26.0 Å². The first-order valence-corrected chi connectivity index (χ1v) is 10.4. The second-order valence-corrected chi connectivity index (χ2v) is 8.85. The molecular formula is C23H26Si. The van der Waals surface area contributed by atoms with E-state index in [-0.39, 0.29) is 0 Å². The molecule has 2 aromatic rings. The molecule has 2 aromatic carbocycles. The Bertz CT molecular complexity index is 723. The van der Waals surface area contributed by atoms with Gasteiger partial charge in [-0.25, -0.2) is 0 Å². The quantitative estimate of drug-likeness (QED) is 0.706. The topological polar surface area (TPSA) is 0 Å². The second kappa shape index (κ2) is 7.10. The van der Waals surface area contributed by atoms with E-state index in [1.807, 2.05) is 0 Å². The van der Waals surface area contributed by atoms with E-state index < -0.39 is 0 Å². The minimum atomic E-state index is 0.670. The summed E-state index contributed by atoms with van der Waals surface area (Å²) in [5, 5.41) is 2.96. The van der Waals surface area contributed by atoms with Crippen LogP contribution in [0, 0.1) is 5.92 Å². The third kappa shape index (κ3) is 3.28.